The van der Waals surface area contributed by atoms with Crippen molar-refractivity contribution in [1.29, 1.82) is 0 Å². The number of hydrogen-bond donors (Lipinski definition) is 1. The van der Waals surface area contributed by atoms with Crippen molar-refractivity contribution >= 4 is 17.2 Å². The van der Waals surface area contributed by atoms with E-state index in [1.165, 1.54) is 4.40 Å². The number of amides is 1. The van der Waals surface area contributed by atoms with Crippen LogP contribution in [-0.2, 0) is 0 Å². The van der Waals surface area contributed by atoms with E-state index in [0.29, 0.717) is 23.5 Å². The maximum atomic E-state index is 12.8. The van der Waals surface area contributed by atoms with E-state index in [2.05, 4.69) is 17.2 Å². The Hall–Kier alpha value is -3.15. The quantitative estimate of drug-likeness (QED) is 0.676. The van der Waals surface area contributed by atoms with E-state index in [1.807, 2.05) is 13.0 Å². The van der Waals surface area contributed by atoms with Gasteiger partial charge in [-0.2, -0.15) is 0 Å². The number of ether oxygens (including phenoxy) is 1. The van der Waals surface area contributed by atoms with Gasteiger partial charge in [0.1, 0.15) is 17.1 Å². The van der Waals surface area contributed by atoms with Crippen LogP contribution in [0.3, 0.4) is 0 Å². The zero-order valence-corrected chi connectivity index (χ0v) is 15.8. The zero-order valence-electron chi connectivity index (χ0n) is 15.8. The molecule has 0 spiro atoms. The second-order valence-corrected chi connectivity index (χ2v) is 6.44. The summed E-state index contributed by atoms with van der Waals surface area (Å²) < 4.78 is 7.05. The van der Waals surface area contributed by atoms with E-state index < -0.39 is 0 Å². The van der Waals surface area contributed by atoms with E-state index in [-0.39, 0.29) is 17.2 Å². The van der Waals surface area contributed by atoms with E-state index in [0.717, 1.165) is 24.2 Å². The fourth-order valence-corrected chi connectivity index (χ4v) is 2.77. The van der Waals surface area contributed by atoms with Gasteiger partial charge in [-0.15, -0.1) is 0 Å². The van der Waals surface area contributed by atoms with Crippen LogP contribution in [0.2, 0.25) is 0 Å². The maximum absolute atomic E-state index is 12.8. The van der Waals surface area contributed by atoms with Gasteiger partial charge in [-0.1, -0.05) is 19.4 Å². The van der Waals surface area contributed by atoms with Gasteiger partial charge in [-0.05, 0) is 56.2 Å². The molecule has 0 aliphatic heterocycles. The van der Waals surface area contributed by atoms with Crippen molar-refractivity contribution < 1.29 is 9.53 Å². The third-order valence-corrected chi connectivity index (χ3v) is 4.35. The predicted octanol–water partition coefficient (Wildman–Crippen LogP) is 3.74. The highest BCUT2D eigenvalue weighted by Gasteiger charge is 2.15. The Balaban J connectivity index is 1.83. The molecule has 0 radical (unpaired) electrons. The molecule has 140 valence electrons. The van der Waals surface area contributed by atoms with E-state index >= 15 is 0 Å². The Morgan fingerprint density at radius 3 is 2.63 bits per heavy atom. The molecule has 1 N–H and O–H groups in total. The van der Waals surface area contributed by atoms with Crippen LogP contribution in [0.5, 0.6) is 5.75 Å². The molecule has 3 rings (SSSR count). The number of pyridine rings is 1. The number of unbranched alkanes of at least 4 members (excludes halogenated alkanes) is 1. The number of rotatable bonds is 6. The second-order valence-electron chi connectivity index (χ2n) is 6.44. The molecule has 0 aliphatic carbocycles. The van der Waals surface area contributed by atoms with E-state index in [4.69, 9.17) is 4.74 Å². The fraction of sp³-hybridized carbons (Fsp3) is 0.286. The molecule has 0 atom stereocenters. The Morgan fingerprint density at radius 1 is 1.19 bits per heavy atom. The second kappa shape index (κ2) is 8.03. The molecule has 0 aliphatic rings. The standard InChI is InChI=1S/C21H23N3O3/c1-4-5-13-27-17-10-8-16(9-11-17)20(25)23-18-15(3)22-19-14(2)7-6-12-24(19)21(18)26/h6-12H,4-5,13H2,1-3H3,(H,23,25). The summed E-state index contributed by atoms with van der Waals surface area (Å²) in [6.07, 6.45) is 3.70. The first kappa shape index (κ1) is 18.6. The van der Waals surface area contributed by atoms with Gasteiger partial charge in [0.2, 0.25) is 0 Å². The van der Waals surface area contributed by atoms with Crippen molar-refractivity contribution in [2.75, 3.05) is 11.9 Å². The van der Waals surface area contributed by atoms with Crippen LogP contribution in [0.1, 0.15) is 41.4 Å². The van der Waals surface area contributed by atoms with Crippen LogP contribution >= 0.6 is 0 Å². The summed E-state index contributed by atoms with van der Waals surface area (Å²) in [5.74, 6) is 0.365. The molecule has 1 amide bonds. The first-order valence-electron chi connectivity index (χ1n) is 9.04. The molecule has 2 aromatic heterocycles. The highest BCUT2D eigenvalue weighted by atomic mass is 16.5. The minimum absolute atomic E-state index is 0.186. The lowest BCUT2D eigenvalue weighted by molar-refractivity contribution is 0.102. The van der Waals surface area contributed by atoms with E-state index in [9.17, 15) is 9.59 Å². The molecule has 3 aromatic rings. The van der Waals surface area contributed by atoms with Gasteiger partial charge >= 0.3 is 0 Å². The van der Waals surface area contributed by atoms with Crippen LogP contribution in [-0.4, -0.2) is 21.9 Å². The van der Waals surface area contributed by atoms with Crippen LogP contribution in [0.15, 0.2) is 47.4 Å². The first-order chi connectivity index (χ1) is 13.0. The summed E-state index contributed by atoms with van der Waals surface area (Å²) in [7, 11) is 0. The monoisotopic (exact) mass is 365 g/mol. The summed E-state index contributed by atoms with van der Waals surface area (Å²) in [6.45, 7) is 6.36. The summed E-state index contributed by atoms with van der Waals surface area (Å²) in [5.41, 5.74) is 2.31. The van der Waals surface area contributed by atoms with Crippen molar-refractivity contribution in [3.05, 3.63) is 69.8 Å². The highest BCUT2D eigenvalue weighted by molar-refractivity contribution is 6.04. The molecule has 1 aromatic carbocycles. The van der Waals surface area contributed by atoms with Crippen molar-refractivity contribution in [1.82, 2.24) is 9.38 Å². The van der Waals surface area contributed by atoms with Gasteiger partial charge in [0, 0.05) is 11.8 Å². The highest BCUT2D eigenvalue weighted by Crippen LogP contribution is 2.16. The van der Waals surface area contributed by atoms with Gasteiger partial charge in [0.25, 0.3) is 11.5 Å². The molecule has 27 heavy (non-hydrogen) atoms. The van der Waals surface area contributed by atoms with Gasteiger partial charge < -0.3 is 10.1 Å². The minimum Gasteiger partial charge on any atom is -0.494 e. The van der Waals surface area contributed by atoms with Gasteiger partial charge in [-0.25, -0.2) is 4.98 Å². The number of aryl methyl sites for hydroxylation is 2. The summed E-state index contributed by atoms with van der Waals surface area (Å²) in [4.78, 5) is 29.8. The van der Waals surface area contributed by atoms with Crippen LogP contribution < -0.4 is 15.6 Å². The third-order valence-electron chi connectivity index (χ3n) is 4.35. The average Bonchev–Trinajstić information content (AvgIpc) is 2.67. The zero-order chi connectivity index (χ0) is 19.4. The number of nitrogens with one attached hydrogen (secondary N) is 1. The summed E-state index contributed by atoms with van der Waals surface area (Å²) in [5, 5.41) is 2.70. The number of carbonyl (C=O) groups excluding carboxylic acids is 1. The molecule has 0 saturated heterocycles. The third kappa shape index (κ3) is 4.00. The molecule has 6 heteroatoms. The number of hydrogen-bond acceptors (Lipinski definition) is 4. The van der Waals surface area contributed by atoms with Crippen molar-refractivity contribution in [2.24, 2.45) is 0 Å². The number of anilines is 1. The molecule has 0 saturated carbocycles. The maximum Gasteiger partial charge on any atom is 0.281 e. The molecule has 2 heterocycles. The number of aromatic nitrogens is 2. The topological polar surface area (TPSA) is 72.7 Å². The Morgan fingerprint density at radius 2 is 1.93 bits per heavy atom. The lowest BCUT2D eigenvalue weighted by atomic mass is 10.2. The normalized spacial score (nSPS) is 10.8. The van der Waals surface area contributed by atoms with E-state index in [1.54, 1.807) is 43.5 Å². The lowest BCUT2D eigenvalue weighted by Gasteiger charge is -2.11. The fourth-order valence-electron chi connectivity index (χ4n) is 2.77. The van der Waals surface area contributed by atoms with Crippen molar-refractivity contribution in [3.63, 3.8) is 0 Å². The Bertz CT molecular complexity index is 1020. The summed E-state index contributed by atoms with van der Waals surface area (Å²) in [6, 6.07) is 10.6. The molecule has 0 fully saturated rings. The number of fused-ring (bicyclic) bond motifs is 1. The van der Waals surface area contributed by atoms with Gasteiger partial charge in [0.15, 0.2) is 0 Å². The lowest BCUT2D eigenvalue weighted by Crippen LogP contribution is -2.25. The molecular formula is C21H23N3O3. The summed E-state index contributed by atoms with van der Waals surface area (Å²) >= 11 is 0. The average molecular weight is 365 g/mol. The predicted molar refractivity (Wildman–Crippen MR) is 106 cm³/mol. The largest absolute Gasteiger partial charge is 0.494 e. The minimum atomic E-state index is -0.357. The number of carbonyl (C=O) groups is 1. The molecule has 0 bridgehead atoms. The molecule has 6 nitrogen and oxygen atoms in total. The van der Waals surface area contributed by atoms with Crippen molar-refractivity contribution in [3.8, 4) is 5.75 Å². The van der Waals surface area contributed by atoms with Crippen LogP contribution in [0.25, 0.3) is 5.65 Å². The molecule has 0 unspecified atom stereocenters. The molecular weight excluding hydrogens is 342 g/mol. The SMILES string of the molecule is CCCCOc1ccc(C(=O)Nc2c(C)nc3c(C)cccn3c2=O)cc1. The Labute approximate surface area is 157 Å². The van der Waals surface area contributed by atoms with Gasteiger partial charge in [-0.3, -0.25) is 14.0 Å². The van der Waals surface area contributed by atoms with Crippen LogP contribution in [0.4, 0.5) is 5.69 Å². The van der Waals surface area contributed by atoms with Crippen molar-refractivity contribution in [2.45, 2.75) is 33.6 Å². The first-order valence-corrected chi connectivity index (χ1v) is 9.04. The Kier molecular flexibility index (Phi) is 5.54. The van der Waals surface area contributed by atoms with Gasteiger partial charge in [0.05, 0.1) is 12.3 Å². The van der Waals surface area contributed by atoms with Crippen LogP contribution in [0, 0.1) is 13.8 Å². The number of nitrogens with zero attached hydrogens (tertiary/aromatic N) is 2. The smallest absolute Gasteiger partial charge is 0.281 e. The number of benzene rings is 1.